The van der Waals surface area contributed by atoms with Crippen LogP contribution in [0.25, 0.3) is 0 Å². The molecule has 0 saturated heterocycles. The van der Waals surface area contributed by atoms with Crippen LogP contribution in [-0.4, -0.2) is 19.5 Å². The maximum atomic E-state index is 10.5. The van der Waals surface area contributed by atoms with Gasteiger partial charge in [-0.25, -0.2) is 0 Å². The highest BCUT2D eigenvalue weighted by Gasteiger charge is 2.04. The number of carbonyl (C=O) groups excluding carboxylic acids is 1. The van der Waals surface area contributed by atoms with Crippen molar-refractivity contribution in [1.82, 2.24) is 0 Å². The summed E-state index contributed by atoms with van der Waals surface area (Å²) in [6.07, 6.45) is 0. The molecule has 0 fully saturated rings. The Morgan fingerprint density at radius 3 is 2.40 bits per heavy atom. The van der Waals surface area contributed by atoms with Crippen molar-refractivity contribution in [2.45, 2.75) is 0 Å². The van der Waals surface area contributed by atoms with Crippen molar-refractivity contribution >= 4 is 18.1 Å². The summed E-state index contributed by atoms with van der Waals surface area (Å²) in [6, 6.07) is 16.4. The van der Waals surface area contributed by atoms with Gasteiger partial charge in [-0.1, -0.05) is 18.2 Å². The second kappa shape index (κ2) is 6.94. The first-order chi connectivity index (χ1) is 9.83. The molecular formula is C15H14N2O3. The Morgan fingerprint density at radius 2 is 1.80 bits per heavy atom. The van der Waals surface area contributed by atoms with Crippen molar-refractivity contribution in [3.05, 3.63) is 60.2 Å². The van der Waals surface area contributed by atoms with Crippen LogP contribution in [0.4, 0.5) is 5.69 Å². The van der Waals surface area contributed by atoms with Crippen LogP contribution in [0, 0.1) is 0 Å². The summed E-state index contributed by atoms with van der Waals surface area (Å²) in [5.74, 6) is 0.961. The molecule has 5 heteroatoms. The summed E-state index contributed by atoms with van der Waals surface area (Å²) < 4.78 is 9.94. The van der Waals surface area contributed by atoms with Gasteiger partial charge in [-0.05, 0) is 36.4 Å². The van der Waals surface area contributed by atoms with Gasteiger partial charge in [-0.15, -0.1) is 5.10 Å². The summed E-state index contributed by atoms with van der Waals surface area (Å²) >= 11 is 0. The Bertz CT molecular complexity index is 580. The van der Waals surface area contributed by atoms with Crippen LogP contribution in [0.1, 0.15) is 5.56 Å². The van der Waals surface area contributed by atoms with Gasteiger partial charge in [0.15, 0.2) is 0 Å². The first kappa shape index (κ1) is 13.6. The molecule has 0 aliphatic carbocycles. The molecule has 0 amide bonds. The minimum absolute atomic E-state index is 0.205. The van der Waals surface area contributed by atoms with Crippen molar-refractivity contribution < 1.29 is 14.3 Å². The Hall–Kier alpha value is -2.82. The second-order valence-corrected chi connectivity index (χ2v) is 3.84. The number of benzene rings is 2. The Kier molecular flexibility index (Phi) is 4.72. The monoisotopic (exact) mass is 270 g/mol. The van der Waals surface area contributed by atoms with Gasteiger partial charge in [0.1, 0.15) is 5.75 Å². The van der Waals surface area contributed by atoms with E-state index in [2.05, 4.69) is 10.5 Å². The van der Waals surface area contributed by atoms with E-state index in [1.54, 1.807) is 31.4 Å². The summed E-state index contributed by atoms with van der Waals surface area (Å²) in [5, 5.41) is 4.08. The first-order valence-corrected chi connectivity index (χ1v) is 5.97. The number of hydrogen-bond donors (Lipinski definition) is 1. The fraction of sp³-hybridized carbons (Fsp3) is 0.0667. The highest BCUT2D eigenvalue weighted by Crippen LogP contribution is 2.15. The lowest BCUT2D eigenvalue weighted by molar-refractivity contribution is -0.121. The normalized spacial score (nSPS) is 10.8. The molecule has 0 atom stereocenters. The van der Waals surface area contributed by atoms with Crippen molar-refractivity contribution in [3.8, 4) is 5.75 Å². The number of nitrogens with one attached hydrogen (secondary N) is 1. The zero-order valence-corrected chi connectivity index (χ0v) is 10.9. The number of anilines is 1. The van der Waals surface area contributed by atoms with Gasteiger partial charge in [0, 0.05) is 5.56 Å². The molecule has 2 rings (SSSR count). The fourth-order valence-corrected chi connectivity index (χ4v) is 1.57. The van der Waals surface area contributed by atoms with E-state index in [1.807, 2.05) is 30.3 Å². The van der Waals surface area contributed by atoms with E-state index in [1.165, 1.54) is 0 Å². The summed E-state index contributed by atoms with van der Waals surface area (Å²) in [6.45, 7) is 0.349. The molecule has 0 spiro atoms. The summed E-state index contributed by atoms with van der Waals surface area (Å²) in [5.41, 5.74) is 4.29. The lowest BCUT2D eigenvalue weighted by Gasteiger charge is -2.06. The van der Waals surface area contributed by atoms with Crippen molar-refractivity contribution in [2.24, 2.45) is 5.10 Å². The molecule has 5 nitrogen and oxygen atoms in total. The second-order valence-electron chi connectivity index (χ2n) is 3.84. The lowest BCUT2D eigenvalue weighted by atomic mass is 10.2. The third-order valence-corrected chi connectivity index (χ3v) is 2.56. The van der Waals surface area contributed by atoms with Crippen LogP contribution < -0.4 is 10.2 Å². The highest BCUT2D eigenvalue weighted by atomic mass is 16.5. The quantitative estimate of drug-likeness (QED) is 0.393. The maximum absolute atomic E-state index is 10.5. The van der Waals surface area contributed by atoms with Crippen molar-refractivity contribution in [1.29, 1.82) is 0 Å². The van der Waals surface area contributed by atoms with Crippen LogP contribution in [-0.2, 0) is 9.53 Å². The molecule has 0 aromatic heterocycles. The van der Waals surface area contributed by atoms with Crippen molar-refractivity contribution in [2.75, 3.05) is 12.5 Å². The van der Waals surface area contributed by atoms with Gasteiger partial charge in [0.2, 0.25) is 5.90 Å². The predicted molar refractivity (Wildman–Crippen MR) is 76.7 cm³/mol. The largest absolute Gasteiger partial charge is 0.497 e. The molecular weight excluding hydrogens is 256 g/mol. The van der Waals surface area contributed by atoms with Gasteiger partial charge in [-0.2, -0.15) is 0 Å². The molecule has 2 aromatic rings. The Balaban J connectivity index is 2.14. The van der Waals surface area contributed by atoms with Crippen LogP contribution >= 0.6 is 0 Å². The molecule has 1 N–H and O–H groups in total. The molecule has 0 heterocycles. The molecule has 0 aliphatic heterocycles. The molecule has 0 bridgehead atoms. The highest BCUT2D eigenvalue weighted by molar-refractivity contribution is 5.97. The third kappa shape index (κ3) is 3.58. The molecule has 102 valence electrons. The third-order valence-electron chi connectivity index (χ3n) is 2.56. The number of nitrogens with zero attached hydrogens (tertiary/aromatic N) is 1. The van der Waals surface area contributed by atoms with Gasteiger partial charge >= 0.3 is 0 Å². The van der Waals surface area contributed by atoms with E-state index >= 15 is 0 Å². The van der Waals surface area contributed by atoms with Gasteiger partial charge in [-0.3, -0.25) is 10.2 Å². The predicted octanol–water partition coefficient (Wildman–Crippen LogP) is 2.64. The average molecular weight is 270 g/mol. The standard InChI is InChI=1S/C15H14N2O3/c1-19-14-9-7-13(8-10-14)16-17-15(20-11-18)12-5-3-2-4-6-12/h2-11,16H,1H3/b17-15+. The van der Waals surface area contributed by atoms with Gasteiger partial charge in [0.05, 0.1) is 12.8 Å². The zero-order valence-electron chi connectivity index (χ0n) is 10.9. The van der Waals surface area contributed by atoms with E-state index in [0.717, 1.165) is 11.4 Å². The van der Waals surface area contributed by atoms with E-state index in [9.17, 15) is 4.79 Å². The van der Waals surface area contributed by atoms with Gasteiger partial charge < -0.3 is 9.47 Å². The van der Waals surface area contributed by atoms with Gasteiger partial charge in [0.25, 0.3) is 6.47 Å². The molecule has 0 unspecified atom stereocenters. The van der Waals surface area contributed by atoms with E-state index < -0.39 is 0 Å². The molecule has 20 heavy (non-hydrogen) atoms. The van der Waals surface area contributed by atoms with E-state index in [0.29, 0.717) is 12.0 Å². The topological polar surface area (TPSA) is 59.9 Å². The first-order valence-electron chi connectivity index (χ1n) is 5.97. The number of hydrogen-bond acceptors (Lipinski definition) is 5. The number of hydrazone groups is 1. The maximum Gasteiger partial charge on any atom is 0.299 e. The molecule has 0 radical (unpaired) electrons. The van der Waals surface area contributed by atoms with Crippen molar-refractivity contribution in [3.63, 3.8) is 0 Å². The average Bonchev–Trinajstić information content (AvgIpc) is 2.53. The number of ether oxygens (including phenoxy) is 2. The Labute approximate surface area is 116 Å². The molecule has 2 aromatic carbocycles. The van der Waals surface area contributed by atoms with E-state index in [4.69, 9.17) is 9.47 Å². The zero-order chi connectivity index (χ0) is 14.2. The minimum atomic E-state index is 0.205. The lowest BCUT2D eigenvalue weighted by Crippen LogP contribution is -2.08. The van der Waals surface area contributed by atoms with Crippen LogP contribution in [0.3, 0.4) is 0 Å². The smallest absolute Gasteiger partial charge is 0.299 e. The number of carbonyl (C=O) groups is 1. The summed E-state index contributed by atoms with van der Waals surface area (Å²) in [4.78, 5) is 10.5. The van der Waals surface area contributed by atoms with Crippen LogP contribution in [0.5, 0.6) is 5.75 Å². The van der Waals surface area contributed by atoms with Crippen LogP contribution in [0.15, 0.2) is 59.7 Å². The van der Waals surface area contributed by atoms with E-state index in [-0.39, 0.29) is 5.90 Å². The van der Waals surface area contributed by atoms with Crippen LogP contribution in [0.2, 0.25) is 0 Å². The SMILES string of the molecule is COc1ccc(N/N=C(/OC=O)c2ccccc2)cc1. The minimum Gasteiger partial charge on any atom is -0.497 e. The number of rotatable bonds is 5. The molecule has 0 saturated carbocycles. The fourth-order valence-electron chi connectivity index (χ4n) is 1.57. The summed E-state index contributed by atoms with van der Waals surface area (Å²) in [7, 11) is 1.60. The molecule has 0 aliphatic rings. The number of methoxy groups -OCH3 is 1. The Morgan fingerprint density at radius 1 is 1.10 bits per heavy atom.